The topological polar surface area (TPSA) is 70.0 Å². The second-order valence-corrected chi connectivity index (χ2v) is 5.62. The molecule has 0 amide bonds. The normalized spacial score (nSPS) is 14.9. The lowest BCUT2D eigenvalue weighted by molar-refractivity contribution is 0.101. The fourth-order valence-corrected chi connectivity index (χ4v) is 2.37. The van der Waals surface area contributed by atoms with Crippen LogP contribution in [0.4, 0.5) is 5.69 Å². The standard InChI is InChI=1S/C19H17NO4/c1-20(2)13-8-6-12(7-9-13)4-3-5-16-17(22)14-10-11-15(21)18(23)19(14)24-16/h3-11,21,23H,1-2H3. The number of nitrogens with zero attached hydrogens (tertiary/aromatic N) is 1. The SMILES string of the molecule is CN(C)c1ccc(C=CC=C2Oc3c(ccc(O)c3O)C2=O)cc1. The number of Topliss-reactive ketones (excluding diaryl/α,β-unsaturated/α-hetero) is 1. The number of fused-ring (bicyclic) bond motifs is 1. The number of aromatic hydroxyl groups is 2. The quantitative estimate of drug-likeness (QED) is 0.670. The molecule has 0 fully saturated rings. The minimum Gasteiger partial charge on any atom is -0.504 e. The molecule has 2 aromatic carbocycles. The van der Waals surface area contributed by atoms with Crippen molar-refractivity contribution in [3.63, 3.8) is 0 Å². The maximum atomic E-state index is 12.2. The molecule has 0 aliphatic carbocycles. The molecule has 0 unspecified atom stereocenters. The van der Waals surface area contributed by atoms with E-state index in [1.54, 1.807) is 12.2 Å². The highest BCUT2D eigenvalue weighted by Gasteiger charge is 2.30. The number of carbonyl (C=O) groups excluding carboxylic acids is 1. The fourth-order valence-electron chi connectivity index (χ4n) is 2.37. The number of ether oxygens (including phenoxy) is 1. The number of benzene rings is 2. The molecule has 5 nitrogen and oxygen atoms in total. The molecule has 0 spiro atoms. The number of hydrogen-bond acceptors (Lipinski definition) is 5. The Balaban J connectivity index is 1.78. The van der Waals surface area contributed by atoms with E-state index in [1.165, 1.54) is 12.1 Å². The number of allylic oxidation sites excluding steroid dienone is 3. The fraction of sp³-hybridized carbons (Fsp3) is 0.105. The zero-order valence-corrected chi connectivity index (χ0v) is 13.4. The van der Waals surface area contributed by atoms with Crippen molar-refractivity contribution >= 4 is 17.5 Å². The maximum absolute atomic E-state index is 12.2. The molecular formula is C19H17NO4. The summed E-state index contributed by atoms with van der Waals surface area (Å²) in [6.45, 7) is 0. The monoisotopic (exact) mass is 323 g/mol. The summed E-state index contributed by atoms with van der Waals surface area (Å²) in [7, 11) is 3.95. The van der Waals surface area contributed by atoms with Crippen LogP contribution in [0.1, 0.15) is 15.9 Å². The van der Waals surface area contributed by atoms with Gasteiger partial charge in [-0.15, -0.1) is 0 Å². The summed E-state index contributed by atoms with van der Waals surface area (Å²) in [4.78, 5) is 14.2. The van der Waals surface area contributed by atoms with E-state index in [-0.39, 0.29) is 28.6 Å². The Morgan fingerprint density at radius 1 is 1.04 bits per heavy atom. The van der Waals surface area contributed by atoms with Crippen LogP contribution in [0.3, 0.4) is 0 Å². The van der Waals surface area contributed by atoms with Crippen LogP contribution < -0.4 is 9.64 Å². The summed E-state index contributed by atoms with van der Waals surface area (Å²) < 4.78 is 5.36. The molecule has 0 saturated carbocycles. The number of rotatable bonds is 3. The largest absolute Gasteiger partial charge is 0.504 e. The summed E-state index contributed by atoms with van der Waals surface area (Å²) in [6, 6.07) is 10.6. The van der Waals surface area contributed by atoms with E-state index < -0.39 is 5.75 Å². The van der Waals surface area contributed by atoms with Crippen LogP contribution in [0.25, 0.3) is 6.08 Å². The van der Waals surface area contributed by atoms with Gasteiger partial charge in [-0.3, -0.25) is 4.79 Å². The van der Waals surface area contributed by atoms with Crippen molar-refractivity contribution in [3.05, 3.63) is 65.4 Å². The van der Waals surface area contributed by atoms with Crippen LogP contribution in [-0.4, -0.2) is 30.1 Å². The highest BCUT2D eigenvalue weighted by atomic mass is 16.5. The molecule has 0 saturated heterocycles. The van der Waals surface area contributed by atoms with Gasteiger partial charge in [0.25, 0.3) is 0 Å². The average molecular weight is 323 g/mol. The Morgan fingerprint density at radius 2 is 1.75 bits per heavy atom. The third-order valence-corrected chi connectivity index (χ3v) is 3.74. The molecule has 5 heteroatoms. The van der Waals surface area contributed by atoms with Crippen LogP contribution in [-0.2, 0) is 0 Å². The minimum absolute atomic E-state index is 0.00464. The third kappa shape index (κ3) is 2.84. The van der Waals surface area contributed by atoms with Crippen molar-refractivity contribution in [1.29, 1.82) is 0 Å². The van der Waals surface area contributed by atoms with Crippen molar-refractivity contribution in [2.45, 2.75) is 0 Å². The van der Waals surface area contributed by atoms with Gasteiger partial charge >= 0.3 is 0 Å². The molecule has 3 rings (SSSR count). The lowest BCUT2D eigenvalue weighted by Crippen LogP contribution is -2.07. The van der Waals surface area contributed by atoms with E-state index in [1.807, 2.05) is 49.3 Å². The molecule has 1 aliphatic rings. The Hall–Kier alpha value is -3.21. The first-order valence-electron chi connectivity index (χ1n) is 7.40. The number of phenolic OH excluding ortho intramolecular Hbond substituents is 2. The first-order valence-corrected chi connectivity index (χ1v) is 7.40. The summed E-state index contributed by atoms with van der Waals surface area (Å²) in [5.74, 6) is -0.971. The van der Waals surface area contributed by atoms with Gasteiger partial charge in [-0.2, -0.15) is 0 Å². The molecule has 24 heavy (non-hydrogen) atoms. The number of ketones is 1. The molecule has 0 bridgehead atoms. The van der Waals surface area contributed by atoms with E-state index in [0.717, 1.165) is 11.3 Å². The van der Waals surface area contributed by atoms with Gasteiger partial charge in [-0.05, 0) is 35.9 Å². The molecule has 2 aromatic rings. The van der Waals surface area contributed by atoms with Crippen molar-refractivity contribution in [2.24, 2.45) is 0 Å². The summed E-state index contributed by atoms with van der Waals surface area (Å²) >= 11 is 0. The highest BCUT2D eigenvalue weighted by molar-refractivity contribution is 6.13. The summed E-state index contributed by atoms with van der Waals surface area (Å²) in [5, 5.41) is 19.2. The maximum Gasteiger partial charge on any atom is 0.232 e. The molecule has 122 valence electrons. The second kappa shape index (κ2) is 6.12. The van der Waals surface area contributed by atoms with Crippen LogP contribution in [0.2, 0.25) is 0 Å². The third-order valence-electron chi connectivity index (χ3n) is 3.74. The van der Waals surface area contributed by atoms with E-state index >= 15 is 0 Å². The van der Waals surface area contributed by atoms with Crippen molar-refractivity contribution in [3.8, 4) is 17.2 Å². The molecule has 0 radical (unpaired) electrons. The predicted molar refractivity (Wildman–Crippen MR) is 92.6 cm³/mol. The average Bonchev–Trinajstić information content (AvgIpc) is 2.89. The zero-order valence-electron chi connectivity index (χ0n) is 13.4. The van der Waals surface area contributed by atoms with Crippen LogP contribution in [0.15, 0.2) is 54.3 Å². The van der Waals surface area contributed by atoms with E-state index in [4.69, 9.17) is 4.74 Å². The van der Waals surface area contributed by atoms with Gasteiger partial charge in [0.15, 0.2) is 17.3 Å². The molecular weight excluding hydrogens is 306 g/mol. The summed E-state index contributed by atoms with van der Waals surface area (Å²) in [5.41, 5.74) is 2.33. The molecule has 1 heterocycles. The van der Waals surface area contributed by atoms with Crippen LogP contribution in [0, 0.1) is 0 Å². The van der Waals surface area contributed by atoms with Crippen LogP contribution in [0.5, 0.6) is 17.2 Å². The second-order valence-electron chi connectivity index (χ2n) is 5.62. The number of hydrogen-bond donors (Lipinski definition) is 2. The van der Waals surface area contributed by atoms with Gasteiger partial charge in [-0.25, -0.2) is 0 Å². The molecule has 0 atom stereocenters. The summed E-state index contributed by atoms with van der Waals surface area (Å²) in [6.07, 6.45) is 5.10. The van der Waals surface area contributed by atoms with E-state index in [9.17, 15) is 15.0 Å². The van der Waals surface area contributed by atoms with Crippen LogP contribution >= 0.6 is 0 Å². The molecule has 0 aromatic heterocycles. The molecule has 1 aliphatic heterocycles. The van der Waals surface area contributed by atoms with Gasteiger partial charge in [-0.1, -0.05) is 24.3 Å². The first kappa shape index (κ1) is 15.7. The van der Waals surface area contributed by atoms with Gasteiger partial charge in [0.2, 0.25) is 11.5 Å². The number of anilines is 1. The lowest BCUT2D eigenvalue weighted by atomic mass is 10.1. The lowest BCUT2D eigenvalue weighted by Gasteiger charge is -2.11. The zero-order chi connectivity index (χ0) is 17.3. The van der Waals surface area contributed by atoms with Crippen molar-refractivity contribution in [2.75, 3.05) is 19.0 Å². The van der Waals surface area contributed by atoms with Crippen molar-refractivity contribution < 1.29 is 19.7 Å². The Labute approximate surface area is 139 Å². The van der Waals surface area contributed by atoms with Crippen molar-refractivity contribution in [1.82, 2.24) is 0 Å². The van der Waals surface area contributed by atoms with Gasteiger partial charge in [0.05, 0.1) is 5.56 Å². The Bertz CT molecular complexity index is 848. The number of carbonyl (C=O) groups is 1. The highest BCUT2D eigenvalue weighted by Crippen LogP contribution is 2.43. The minimum atomic E-state index is -0.424. The Kier molecular flexibility index (Phi) is 4.00. The van der Waals surface area contributed by atoms with E-state index in [0.29, 0.717) is 0 Å². The van der Waals surface area contributed by atoms with E-state index in [2.05, 4.69) is 0 Å². The molecule has 2 N–H and O–H groups in total. The Morgan fingerprint density at radius 3 is 2.42 bits per heavy atom. The van der Waals surface area contributed by atoms with Gasteiger partial charge in [0, 0.05) is 19.8 Å². The predicted octanol–water partition coefficient (Wildman–Crippen LogP) is 3.34. The smallest absolute Gasteiger partial charge is 0.232 e. The number of phenols is 2. The van der Waals surface area contributed by atoms with Gasteiger partial charge in [0.1, 0.15) is 0 Å². The first-order chi connectivity index (χ1) is 11.5. The van der Waals surface area contributed by atoms with Gasteiger partial charge < -0.3 is 19.8 Å².